The smallest absolute Gasteiger partial charge is 0.320 e. The monoisotopic (exact) mass is 167 g/mol. The van der Waals surface area contributed by atoms with Gasteiger partial charge in [-0.1, -0.05) is 0 Å². The van der Waals surface area contributed by atoms with Crippen LogP contribution in [0.2, 0.25) is 0 Å². The molecule has 0 aliphatic carbocycles. The van der Waals surface area contributed by atoms with Gasteiger partial charge < -0.3 is 5.11 Å². The number of hydrogen-bond acceptors (Lipinski definition) is 2. The molecule has 0 spiro atoms. The minimum atomic E-state index is -2.48. The Labute approximate surface area is 63.6 Å². The van der Waals surface area contributed by atoms with E-state index < -0.39 is 25.0 Å². The van der Waals surface area contributed by atoms with E-state index in [-0.39, 0.29) is 0 Å². The summed E-state index contributed by atoms with van der Waals surface area (Å²) in [5.41, 5.74) is 0. The van der Waals surface area contributed by atoms with Gasteiger partial charge >= 0.3 is 5.97 Å². The Bertz CT molecular complexity index is 141. The molecule has 11 heavy (non-hydrogen) atoms. The molecule has 0 fully saturated rings. The summed E-state index contributed by atoms with van der Waals surface area (Å²) in [5.74, 6) is -1.09. The SMILES string of the molecule is CC(C(=O)O)N(C)CC(F)F. The molecule has 1 unspecified atom stereocenters. The van der Waals surface area contributed by atoms with E-state index in [4.69, 9.17) is 5.11 Å². The van der Waals surface area contributed by atoms with Gasteiger partial charge in [-0.05, 0) is 14.0 Å². The van der Waals surface area contributed by atoms with Gasteiger partial charge in [0.25, 0.3) is 6.43 Å². The first-order valence-electron chi connectivity index (χ1n) is 3.16. The van der Waals surface area contributed by atoms with Crippen LogP contribution in [0.1, 0.15) is 6.92 Å². The Kier molecular flexibility index (Phi) is 3.95. The lowest BCUT2D eigenvalue weighted by Crippen LogP contribution is -2.38. The van der Waals surface area contributed by atoms with Crippen LogP contribution in [0.25, 0.3) is 0 Å². The number of carbonyl (C=O) groups is 1. The van der Waals surface area contributed by atoms with E-state index >= 15 is 0 Å². The Balaban J connectivity index is 3.82. The molecule has 66 valence electrons. The van der Waals surface area contributed by atoms with Gasteiger partial charge in [0.15, 0.2) is 0 Å². The lowest BCUT2D eigenvalue weighted by Gasteiger charge is -2.19. The molecule has 0 aliphatic rings. The Hall–Kier alpha value is -0.710. The van der Waals surface area contributed by atoms with Crippen molar-refractivity contribution in [3.63, 3.8) is 0 Å². The zero-order valence-electron chi connectivity index (χ0n) is 6.42. The van der Waals surface area contributed by atoms with Crippen molar-refractivity contribution in [2.45, 2.75) is 19.4 Å². The minimum absolute atomic E-state index is 0.506. The Morgan fingerprint density at radius 1 is 1.64 bits per heavy atom. The molecule has 0 saturated heterocycles. The van der Waals surface area contributed by atoms with Gasteiger partial charge in [0, 0.05) is 0 Å². The number of carboxylic acid groups (broad SMARTS) is 1. The summed E-state index contributed by atoms with van der Waals surface area (Å²) in [6.45, 7) is 0.859. The van der Waals surface area contributed by atoms with Crippen LogP contribution < -0.4 is 0 Å². The lowest BCUT2D eigenvalue weighted by molar-refractivity contribution is -0.142. The van der Waals surface area contributed by atoms with Crippen molar-refractivity contribution in [1.82, 2.24) is 4.90 Å². The van der Waals surface area contributed by atoms with Crippen molar-refractivity contribution in [3.05, 3.63) is 0 Å². The molecule has 0 rings (SSSR count). The zero-order valence-corrected chi connectivity index (χ0v) is 6.42. The normalized spacial score (nSPS) is 14.0. The molecule has 5 heteroatoms. The van der Waals surface area contributed by atoms with Crippen LogP contribution in [0.15, 0.2) is 0 Å². The molecular weight excluding hydrogens is 156 g/mol. The van der Waals surface area contributed by atoms with Crippen molar-refractivity contribution in [1.29, 1.82) is 0 Å². The van der Waals surface area contributed by atoms with E-state index in [2.05, 4.69) is 0 Å². The first-order chi connectivity index (χ1) is 4.95. The third-order valence-electron chi connectivity index (χ3n) is 1.44. The number of likely N-dealkylation sites (N-methyl/N-ethyl adjacent to an activating group) is 1. The predicted octanol–water partition coefficient (Wildman–Crippen LogP) is 0.656. The van der Waals surface area contributed by atoms with Crippen LogP contribution >= 0.6 is 0 Å². The largest absolute Gasteiger partial charge is 0.480 e. The second-order valence-corrected chi connectivity index (χ2v) is 2.34. The van der Waals surface area contributed by atoms with Crippen LogP contribution in [-0.4, -0.2) is 42.0 Å². The van der Waals surface area contributed by atoms with E-state index in [1.54, 1.807) is 0 Å². The number of aliphatic carboxylic acids is 1. The van der Waals surface area contributed by atoms with Crippen molar-refractivity contribution in [3.8, 4) is 0 Å². The standard InChI is InChI=1S/C6H11F2NO2/c1-4(6(10)11)9(2)3-5(7)8/h4-5H,3H2,1-2H3,(H,10,11). The van der Waals surface area contributed by atoms with Gasteiger partial charge in [-0.25, -0.2) is 8.78 Å². The third-order valence-corrected chi connectivity index (χ3v) is 1.44. The lowest BCUT2D eigenvalue weighted by atomic mass is 10.3. The predicted molar refractivity (Wildman–Crippen MR) is 35.7 cm³/mol. The van der Waals surface area contributed by atoms with Crippen LogP contribution in [0.5, 0.6) is 0 Å². The third kappa shape index (κ3) is 3.87. The van der Waals surface area contributed by atoms with Crippen LogP contribution in [0, 0.1) is 0 Å². The minimum Gasteiger partial charge on any atom is -0.480 e. The van der Waals surface area contributed by atoms with Crippen molar-refractivity contribution < 1.29 is 18.7 Å². The summed E-state index contributed by atoms with van der Waals surface area (Å²) >= 11 is 0. The first-order valence-corrected chi connectivity index (χ1v) is 3.16. The molecule has 3 nitrogen and oxygen atoms in total. The molecule has 0 aliphatic heterocycles. The number of hydrogen-bond donors (Lipinski definition) is 1. The molecule has 0 aromatic rings. The van der Waals surface area contributed by atoms with E-state index in [1.807, 2.05) is 0 Å². The highest BCUT2D eigenvalue weighted by Crippen LogP contribution is 2.00. The highest BCUT2D eigenvalue weighted by atomic mass is 19.3. The maximum atomic E-state index is 11.7. The number of halogens is 2. The summed E-state index contributed by atoms with van der Waals surface area (Å²) in [5, 5.41) is 8.38. The highest BCUT2D eigenvalue weighted by molar-refractivity contribution is 5.72. The van der Waals surface area contributed by atoms with Crippen molar-refractivity contribution in [2.24, 2.45) is 0 Å². The average molecular weight is 167 g/mol. The van der Waals surface area contributed by atoms with Crippen LogP contribution in [-0.2, 0) is 4.79 Å². The van der Waals surface area contributed by atoms with Gasteiger partial charge in [-0.2, -0.15) is 0 Å². The molecule has 0 saturated carbocycles. The molecule has 0 bridgehead atoms. The fourth-order valence-electron chi connectivity index (χ4n) is 0.564. The summed E-state index contributed by atoms with van der Waals surface area (Å²) in [4.78, 5) is 11.3. The van der Waals surface area contributed by atoms with E-state index in [0.29, 0.717) is 0 Å². The van der Waals surface area contributed by atoms with E-state index in [9.17, 15) is 13.6 Å². The summed E-state index contributed by atoms with van der Waals surface area (Å²) in [6.07, 6.45) is -2.48. The Morgan fingerprint density at radius 2 is 2.09 bits per heavy atom. The van der Waals surface area contributed by atoms with Gasteiger partial charge in [-0.15, -0.1) is 0 Å². The number of rotatable bonds is 4. The second kappa shape index (κ2) is 4.23. The summed E-state index contributed by atoms with van der Waals surface area (Å²) < 4.78 is 23.3. The molecule has 1 N–H and O–H groups in total. The van der Waals surface area contributed by atoms with Gasteiger partial charge in [0.1, 0.15) is 6.04 Å². The number of alkyl halides is 2. The first kappa shape index (κ1) is 10.3. The molecular formula is C6H11F2NO2. The van der Waals surface area contributed by atoms with Crippen LogP contribution in [0.4, 0.5) is 8.78 Å². The van der Waals surface area contributed by atoms with Crippen molar-refractivity contribution >= 4 is 5.97 Å². The van der Waals surface area contributed by atoms with E-state index in [0.717, 1.165) is 4.90 Å². The number of nitrogens with zero attached hydrogens (tertiary/aromatic N) is 1. The van der Waals surface area contributed by atoms with Gasteiger partial charge in [0.2, 0.25) is 0 Å². The molecule has 1 atom stereocenters. The molecule has 0 radical (unpaired) electrons. The quantitative estimate of drug-likeness (QED) is 0.668. The highest BCUT2D eigenvalue weighted by Gasteiger charge is 2.19. The summed E-state index contributed by atoms with van der Waals surface area (Å²) in [6, 6.07) is -0.857. The maximum absolute atomic E-state index is 11.7. The fraction of sp³-hybridized carbons (Fsp3) is 0.833. The maximum Gasteiger partial charge on any atom is 0.320 e. The van der Waals surface area contributed by atoms with Gasteiger partial charge in [0.05, 0.1) is 6.54 Å². The van der Waals surface area contributed by atoms with Crippen LogP contribution in [0.3, 0.4) is 0 Å². The summed E-state index contributed by atoms with van der Waals surface area (Å²) in [7, 11) is 1.35. The van der Waals surface area contributed by atoms with E-state index in [1.165, 1.54) is 14.0 Å². The topological polar surface area (TPSA) is 40.5 Å². The fourth-order valence-corrected chi connectivity index (χ4v) is 0.564. The molecule has 0 aromatic heterocycles. The average Bonchev–Trinajstić information content (AvgIpc) is 1.84. The molecule has 0 heterocycles. The molecule has 0 aromatic carbocycles. The second-order valence-electron chi connectivity index (χ2n) is 2.34. The molecule has 0 amide bonds. The van der Waals surface area contributed by atoms with Crippen molar-refractivity contribution in [2.75, 3.05) is 13.6 Å². The van der Waals surface area contributed by atoms with Gasteiger partial charge in [-0.3, -0.25) is 9.69 Å². The Morgan fingerprint density at radius 3 is 2.36 bits per heavy atom. The number of carboxylic acids is 1. The zero-order chi connectivity index (χ0) is 9.02.